The second kappa shape index (κ2) is 8.71. The van der Waals surface area contributed by atoms with E-state index in [1.807, 2.05) is 23.1 Å². The monoisotopic (exact) mass is 413 g/mol. The maximum atomic E-state index is 13.6. The second-order valence-corrected chi connectivity index (χ2v) is 7.48. The van der Waals surface area contributed by atoms with Crippen LogP contribution in [0.4, 0.5) is 10.1 Å². The average molecular weight is 413 g/mol. The SMILES string of the molecule is Cc1ccc(NC(=O)CN2CCN(C(=O)[C@H]3COc4ccccc4O3)CC2)cc1F. The first-order valence-electron chi connectivity index (χ1n) is 9.95. The number of piperazine rings is 1. The predicted octanol–water partition coefficient (Wildman–Crippen LogP) is 2.06. The molecule has 0 unspecified atom stereocenters. The van der Waals surface area contributed by atoms with Crippen LogP contribution in [0.1, 0.15) is 5.56 Å². The van der Waals surface area contributed by atoms with Crippen LogP contribution in [0.15, 0.2) is 42.5 Å². The van der Waals surface area contributed by atoms with E-state index in [0.717, 1.165) is 0 Å². The van der Waals surface area contributed by atoms with Crippen LogP contribution in [0.2, 0.25) is 0 Å². The number of rotatable bonds is 4. The Bertz CT molecular complexity index is 944. The van der Waals surface area contributed by atoms with Crippen molar-refractivity contribution in [1.29, 1.82) is 0 Å². The van der Waals surface area contributed by atoms with Crippen LogP contribution >= 0.6 is 0 Å². The van der Waals surface area contributed by atoms with Gasteiger partial charge in [-0.2, -0.15) is 0 Å². The van der Waals surface area contributed by atoms with Crippen molar-refractivity contribution in [1.82, 2.24) is 9.80 Å². The molecule has 8 heteroatoms. The Kier molecular flexibility index (Phi) is 5.85. The number of halogens is 1. The highest BCUT2D eigenvalue weighted by Gasteiger charge is 2.32. The third kappa shape index (κ3) is 4.54. The van der Waals surface area contributed by atoms with Gasteiger partial charge in [0.15, 0.2) is 11.5 Å². The molecule has 1 saturated heterocycles. The molecule has 30 heavy (non-hydrogen) atoms. The Hall–Kier alpha value is -3.13. The minimum absolute atomic E-state index is 0.108. The van der Waals surface area contributed by atoms with Crippen LogP contribution in [-0.2, 0) is 9.59 Å². The third-order valence-electron chi connectivity index (χ3n) is 5.29. The van der Waals surface area contributed by atoms with E-state index in [-0.39, 0.29) is 30.8 Å². The highest BCUT2D eigenvalue weighted by molar-refractivity contribution is 5.92. The molecule has 0 aliphatic carbocycles. The number of hydrogen-bond donors (Lipinski definition) is 1. The molecule has 2 amide bonds. The van der Waals surface area contributed by atoms with E-state index in [4.69, 9.17) is 9.47 Å². The number of aryl methyl sites for hydroxylation is 1. The van der Waals surface area contributed by atoms with Gasteiger partial charge in [-0.3, -0.25) is 14.5 Å². The van der Waals surface area contributed by atoms with Crippen molar-refractivity contribution in [3.8, 4) is 11.5 Å². The van der Waals surface area contributed by atoms with Crippen LogP contribution in [-0.4, -0.2) is 67.0 Å². The molecule has 2 heterocycles. The van der Waals surface area contributed by atoms with Gasteiger partial charge in [0.1, 0.15) is 12.4 Å². The molecule has 2 aliphatic rings. The van der Waals surface area contributed by atoms with Gasteiger partial charge in [0.25, 0.3) is 5.91 Å². The summed E-state index contributed by atoms with van der Waals surface area (Å²) in [5.74, 6) is 0.551. The van der Waals surface area contributed by atoms with E-state index in [9.17, 15) is 14.0 Å². The van der Waals surface area contributed by atoms with Gasteiger partial charge in [0.2, 0.25) is 12.0 Å². The molecule has 0 radical (unpaired) electrons. The van der Waals surface area contributed by atoms with Crippen molar-refractivity contribution in [2.75, 3.05) is 44.6 Å². The number of carbonyl (C=O) groups is 2. The van der Waals surface area contributed by atoms with Crippen molar-refractivity contribution in [2.24, 2.45) is 0 Å². The first kappa shape index (κ1) is 20.2. The Morgan fingerprint density at radius 2 is 1.83 bits per heavy atom. The summed E-state index contributed by atoms with van der Waals surface area (Å²) in [5, 5.41) is 2.71. The lowest BCUT2D eigenvalue weighted by Gasteiger charge is -2.36. The fraction of sp³-hybridized carbons (Fsp3) is 0.364. The largest absolute Gasteiger partial charge is 0.485 e. The lowest BCUT2D eigenvalue weighted by atomic mass is 10.2. The number of para-hydroxylation sites is 2. The summed E-state index contributed by atoms with van der Waals surface area (Å²) < 4.78 is 25.1. The fourth-order valence-electron chi connectivity index (χ4n) is 3.55. The Morgan fingerprint density at radius 3 is 2.57 bits per heavy atom. The molecule has 7 nitrogen and oxygen atoms in total. The standard InChI is InChI=1S/C22H24FN3O4/c1-15-6-7-16(12-17(15)23)24-21(27)13-25-8-10-26(11-9-25)22(28)20-14-29-18-4-2-3-5-19(18)30-20/h2-7,12,20H,8-11,13-14H2,1H3,(H,24,27)/t20-/m1/s1. The molecule has 0 bridgehead atoms. The lowest BCUT2D eigenvalue weighted by molar-refractivity contribution is -0.143. The maximum Gasteiger partial charge on any atom is 0.267 e. The van der Waals surface area contributed by atoms with Gasteiger partial charge in [0.05, 0.1) is 6.54 Å². The fourth-order valence-corrected chi connectivity index (χ4v) is 3.55. The summed E-state index contributed by atoms with van der Waals surface area (Å²) in [6.45, 7) is 4.21. The Morgan fingerprint density at radius 1 is 1.10 bits per heavy atom. The first-order valence-corrected chi connectivity index (χ1v) is 9.95. The zero-order valence-electron chi connectivity index (χ0n) is 16.8. The molecular weight excluding hydrogens is 389 g/mol. The third-order valence-corrected chi connectivity index (χ3v) is 5.29. The summed E-state index contributed by atoms with van der Waals surface area (Å²) in [5.41, 5.74) is 0.969. The molecule has 1 atom stereocenters. The summed E-state index contributed by atoms with van der Waals surface area (Å²) in [6, 6.07) is 11.9. The molecule has 1 N–H and O–H groups in total. The van der Waals surface area contributed by atoms with E-state index in [0.29, 0.717) is 48.9 Å². The zero-order valence-corrected chi connectivity index (χ0v) is 16.8. The van der Waals surface area contributed by atoms with Crippen molar-refractivity contribution < 1.29 is 23.5 Å². The molecule has 2 aromatic carbocycles. The lowest BCUT2D eigenvalue weighted by Crippen LogP contribution is -2.54. The highest BCUT2D eigenvalue weighted by atomic mass is 19.1. The average Bonchev–Trinajstić information content (AvgIpc) is 2.76. The van der Waals surface area contributed by atoms with Crippen molar-refractivity contribution in [3.63, 3.8) is 0 Å². The normalized spacial score (nSPS) is 18.7. The van der Waals surface area contributed by atoms with Crippen LogP contribution in [0.3, 0.4) is 0 Å². The Labute approximate surface area is 174 Å². The van der Waals surface area contributed by atoms with E-state index >= 15 is 0 Å². The van der Waals surface area contributed by atoms with Crippen LogP contribution < -0.4 is 14.8 Å². The Balaban J connectivity index is 1.25. The number of amides is 2. The van der Waals surface area contributed by atoms with E-state index in [1.165, 1.54) is 6.07 Å². The van der Waals surface area contributed by atoms with E-state index in [1.54, 1.807) is 30.0 Å². The number of benzene rings is 2. The van der Waals surface area contributed by atoms with Crippen molar-refractivity contribution in [2.45, 2.75) is 13.0 Å². The quantitative estimate of drug-likeness (QED) is 0.831. The van der Waals surface area contributed by atoms with Gasteiger partial charge in [-0.25, -0.2) is 4.39 Å². The maximum absolute atomic E-state index is 13.6. The minimum Gasteiger partial charge on any atom is -0.485 e. The number of nitrogens with one attached hydrogen (secondary N) is 1. The molecule has 4 rings (SSSR count). The van der Waals surface area contributed by atoms with Crippen molar-refractivity contribution in [3.05, 3.63) is 53.8 Å². The number of hydrogen-bond acceptors (Lipinski definition) is 5. The molecule has 158 valence electrons. The molecule has 2 aromatic rings. The van der Waals surface area contributed by atoms with Gasteiger partial charge in [-0.05, 0) is 36.8 Å². The van der Waals surface area contributed by atoms with Gasteiger partial charge in [-0.1, -0.05) is 18.2 Å². The van der Waals surface area contributed by atoms with Crippen LogP contribution in [0, 0.1) is 12.7 Å². The molecular formula is C22H24FN3O4. The first-order chi connectivity index (χ1) is 14.5. The topological polar surface area (TPSA) is 71.1 Å². The molecule has 1 fully saturated rings. The van der Waals surface area contributed by atoms with Gasteiger partial charge in [-0.15, -0.1) is 0 Å². The van der Waals surface area contributed by atoms with E-state index < -0.39 is 6.10 Å². The van der Waals surface area contributed by atoms with E-state index in [2.05, 4.69) is 5.32 Å². The number of carbonyl (C=O) groups excluding carboxylic acids is 2. The van der Waals surface area contributed by atoms with Gasteiger partial charge < -0.3 is 19.7 Å². The summed E-state index contributed by atoms with van der Waals surface area (Å²) in [7, 11) is 0. The van der Waals surface area contributed by atoms with Crippen LogP contribution in [0.5, 0.6) is 11.5 Å². The highest BCUT2D eigenvalue weighted by Crippen LogP contribution is 2.31. The summed E-state index contributed by atoms with van der Waals surface area (Å²) in [4.78, 5) is 28.8. The van der Waals surface area contributed by atoms with Crippen molar-refractivity contribution >= 4 is 17.5 Å². The number of anilines is 1. The number of ether oxygens (including phenoxy) is 2. The zero-order chi connectivity index (χ0) is 21.1. The van der Waals surface area contributed by atoms with Gasteiger partial charge >= 0.3 is 0 Å². The minimum atomic E-state index is -0.661. The predicted molar refractivity (Wildman–Crippen MR) is 109 cm³/mol. The smallest absolute Gasteiger partial charge is 0.267 e. The summed E-state index contributed by atoms with van der Waals surface area (Å²) >= 11 is 0. The number of fused-ring (bicyclic) bond motifs is 1. The molecule has 2 aliphatic heterocycles. The molecule has 0 spiro atoms. The van der Waals surface area contributed by atoms with Gasteiger partial charge in [0, 0.05) is 31.9 Å². The molecule has 0 saturated carbocycles. The number of nitrogens with zero attached hydrogens (tertiary/aromatic N) is 2. The summed E-state index contributed by atoms with van der Waals surface area (Å²) in [6.07, 6.45) is -0.661. The van der Waals surface area contributed by atoms with Crippen LogP contribution in [0.25, 0.3) is 0 Å². The second-order valence-electron chi connectivity index (χ2n) is 7.48. The molecule has 0 aromatic heterocycles.